The quantitative estimate of drug-likeness (QED) is 0.837. The number of oxazole rings is 1. The van der Waals surface area contributed by atoms with Gasteiger partial charge < -0.3 is 15.1 Å². The van der Waals surface area contributed by atoms with Gasteiger partial charge in [0.2, 0.25) is 5.91 Å². The van der Waals surface area contributed by atoms with E-state index in [2.05, 4.69) is 4.98 Å². The van der Waals surface area contributed by atoms with Crippen LogP contribution in [0.2, 0.25) is 0 Å². The highest BCUT2D eigenvalue weighted by molar-refractivity contribution is 5.96. The van der Waals surface area contributed by atoms with Gasteiger partial charge in [-0.1, -0.05) is 0 Å². The molecular weight excluding hydrogens is 246 g/mol. The fourth-order valence-corrected chi connectivity index (χ4v) is 2.41. The van der Waals surface area contributed by atoms with Crippen LogP contribution in [0.1, 0.15) is 12.8 Å². The zero-order chi connectivity index (χ0) is 13.6. The van der Waals surface area contributed by atoms with Crippen LogP contribution in [0, 0.1) is 5.92 Å². The van der Waals surface area contributed by atoms with Gasteiger partial charge in [0.05, 0.1) is 5.52 Å². The summed E-state index contributed by atoms with van der Waals surface area (Å²) in [6.07, 6.45) is 1.48. The summed E-state index contributed by atoms with van der Waals surface area (Å²) in [7, 11) is 1.72. The Kier molecular flexibility index (Phi) is 2.67. The number of nitrogens with zero attached hydrogens (tertiary/aromatic N) is 1. The van der Waals surface area contributed by atoms with E-state index in [0.29, 0.717) is 16.8 Å². The van der Waals surface area contributed by atoms with Gasteiger partial charge in [0.25, 0.3) is 0 Å². The Hall–Kier alpha value is -2.08. The van der Waals surface area contributed by atoms with E-state index in [-0.39, 0.29) is 17.9 Å². The molecule has 0 saturated heterocycles. The Morgan fingerprint density at radius 1 is 1.47 bits per heavy atom. The van der Waals surface area contributed by atoms with Crippen LogP contribution in [0.15, 0.2) is 27.4 Å². The standard InChI is InChI=1S/C13H15N3O3/c1-16(12(17)7-4-8(14)5-7)9-2-3-10-11(6-9)19-13(18)15-10/h2-3,6-8H,4-5,14H2,1H3,(H,15,18). The number of fused-ring (bicyclic) bond motifs is 1. The van der Waals surface area contributed by atoms with Gasteiger partial charge in [-0.05, 0) is 25.0 Å². The molecule has 1 fully saturated rings. The van der Waals surface area contributed by atoms with E-state index in [0.717, 1.165) is 12.8 Å². The minimum atomic E-state index is -0.494. The van der Waals surface area contributed by atoms with Crippen molar-refractivity contribution in [2.24, 2.45) is 11.7 Å². The summed E-state index contributed by atoms with van der Waals surface area (Å²) in [6, 6.07) is 5.34. The first-order chi connectivity index (χ1) is 9.04. The van der Waals surface area contributed by atoms with Gasteiger partial charge >= 0.3 is 5.76 Å². The van der Waals surface area contributed by atoms with E-state index in [1.807, 2.05) is 0 Å². The molecule has 0 aliphatic heterocycles. The number of amides is 1. The molecule has 1 amide bonds. The normalized spacial score (nSPS) is 22.2. The topological polar surface area (TPSA) is 92.3 Å². The smallest absolute Gasteiger partial charge is 0.408 e. The summed E-state index contributed by atoms with van der Waals surface area (Å²) in [5.74, 6) is -0.432. The zero-order valence-electron chi connectivity index (χ0n) is 10.6. The summed E-state index contributed by atoms with van der Waals surface area (Å²) in [5, 5.41) is 0. The minimum Gasteiger partial charge on any atom is -0.408 e. The molecular formula is C13H15N3O3. The molecule has 1 aliphatic rings. The summed E-state index contributed by atoms with van der Waals surface area (Å²) < 4.78 is 4.99. The molecule has 6 heteroatoms. The molecule has 0 atom stereocenters. The molecule has 19 heavy (non-hydrogen) atoms. The van der Waals surface area contributed by atoms with E-state index >= 15 is 0 Å². The average Bonchev–Trinajstić information content (AvgIpc) is 2.72. The molecule has 6 nitrogen and oxygen atoms in total. The molecule has 3 rings (SSSR count). The van der Waals surface area contributed by atoms with Crippen LogP contribution < -0.4 is 16.4 Å². The maximum Gasteiger partial charge on any atom is 0.417 e. The van der Waals surface area contributed by atoms with Crippen LogP contribution >= 0.6 is 0 Å². The maximum atomic E-state index is 12.2. The van der Waals surface area contributed by atoms with Crippen LogP contribution in [-0.2, 0) is 4.79 Å². The summed E-state index contributed by atoms with van der Waals surface area (Å²) in [5.41, 5.74) is 7.48. The maximum absolute atomic E-state index is 12.2. The highest BCUT2D eigenvalue weighted by atomic mass is 16.4. The minimum absolute atomic E-state index is 0.00827. The first-order valence-electron chi connectivity index (χ1n) is 6.20. The van der Waals surface area contributed by atoms with Crippen LogP contribution in [0.25, 0.3) is 11.1 Å². The van der Waals surface area contributed by atoms with Crippen molar-refractivity contribution in [3.05, 3.63) is 28.7 Å². The Morgan fingerprint density at radius 2 is 2.21 bits per heavy atom. The van der Waals surface area contributed by atoms with Gasteiger partial charge in [0.15, 0.2) is 5.58 Å². The van der Waals surface area contributed by atoms with Crippen molar-refractivity contribution >= 4 is 22.7 Å². The number of rotatable bonds is 2. The number of aromatic amines is 1. The predicted octanol–water partition coefficient (Wildman–Crippen LogP) is 0.821. The number of aromatic nitrogens is 1. The summed E-state index contributed by atoms with van der Waals surface area (Å²) >= 11 is 0. The molecule has 0 unspecified atom stereocenters. The van der Waals surface area contributed by atoms with Crippen LogP contribution in [-0.4, -0.2) is 24.0 Å². The van der Waals surface area contributed by atoms with Crippen molar-refractivity contribution in [3.63, 3.8) is 0 Å². The first kappa shape index (κ1) is 12.0. The highest BCUT2D eigenvalue weighted by Crippen LogP contribution is 2.29. The van der Waals surface area contributed by atoms with E-state index in [9.17, 15) is 9.59 Å². The van der Waals surface area contributed by atoms with Gasteiger partial charge in [0.1, 0.15) is 0 Å². The molecule has 1 heterocycles. The van der Waals surface area contributed by atoms with Crippen molar-refractivity contribution in [3.8, 4) is 0 Å². The highest BCUT2D eigenvalue weighted by Gasteiger charge is 2.34. The second-order valence-corrected chi connectivity index (χ2v) is 5.02. The van der Waals surface area contributed by atoms with Crippen molar-refractivity contribution in [1.82, 2.24) is 4.98 Å². The third kappa shape index (κ3) is 2.04. The van der Waals surface area contributed by atoms with Crippen LogP contribution in [0.5, 0.6) is 0 Å². The SMILES string of the molecule is CN(C(=O)C1CC(N)C1)c1ccc2[nH]c(=O)oc2c1. The lowest BCUT2D eigenvalue weighted by atomic mass is 9.80. The molecule has 2 aromatic rings. The molecule has 1 aliphatic carbocycles. The lowest BCUT2D eigenvalue weighted by Gasteiger charge is -2.34. The molecule has 0 spiro atoms. The van der Waals surface area contributed by atoms with Crippen LogP contribution in [0.3, 0.4) is 0 Å². The van der Waals surface area contributed by atoms with E-state index in [1.165, 1.54) is 0 Å². The van der Waals surface area contributed by atoms with Crippen LogP contribution in [0.4, 0.5) is 5.69 Å². The molecule has 0 radical (unpaired) electrons. The van der Waals surface area contributed by atoms with Crippen molar-refractivity contribution in [1.29, 1.82) is 0 Å². The number of carbonyl (C=O) groups is 1. The summed E-state index contributed by atoms with van der Waals surface area (Å²) in [4.78, 5) is 27.4. The lowest BCUT2D eigenvalue weighted by Crippen LogP contribution is -2.45. The van der Waals surface area contributed by atoms with Crippen molar-refractivity contribution in [2.45, 2.75) is 18.9 Å². The zero-order valence-corrected chi connectivity index (χ0v) is 10.6. The van der Waals surface area contributed by atoms with E-state index < -0.39 is 5.76 Å². The van der Waals surface area contributed by atoms with E-state index in [4.69, 9.17) is 10.2 Å². The van der Waals surface area contributed by atoms with E-state index in [1.54, 1.807) is 30.1 Å². The first-order valence-corrected chi connectivity index (χ1v) is 6.20. The fraction of sp³-hybridized carbons (Fsp3) is 0.385. The Balaban J connectivity index is 1.86. The molecule has 1 aromatic carbocycles. The van der Waals surface area contributed by atoms with Gasteiger partial charge in [-0.3, -0.25) is 9.78 Å². The summed E-state index contributed by atoms with van der Waals surface area (Å²) in [6.45, 7) is 0. The Morgan fingerprint density at radius 3 is 2.89 bits per heavy atom. The van der Waals surface area contributed by atoms with Gasteiger partial charge in [-0.2, -0.15) is 0 Å². The number of hydrogen-bond donors (Lipinski definition) is 2. The molecule has 1 saturated carbocycles. The van der Waals surface area contributed by atoms with Gasteiger partial charge in [-0.25, -0.2) is 4.79 Å². The number of nitrogens with two attached hydrogens (primary N) is 1. The molecule has 1 aromatic heterocycles. The number of hydrogen-bond acceptors (Lipinski definition) is 4. The second-order valence-electron chi connectivity index (χ2n) is 5.02. The van der Waals surface area contributed by atoms with Crippen molar-refractivity contribution < 1.29 is 9.21 Å². The number of nitrogens with one attached hydrogen (secondary N) is 1. The van der Waals surface area contributed by atoms with Gasteiger partial charge in [0, 0.05) is 30.8 Å². The number of benzene rings is 1. The fourth-order valence-electron chi connectivity index (χ4n) is 2.41. The number of carbonyl (C=O) groups excluding carboxylic acids is 1. The third-order valence-electron chi connectivity index (χ3n) is 3.65. The molecule has 0 bridgehead atoms. The lowest BCUT2D eigenvalue weighted by molar-refractivity contribution is -0.124. The average molecular weight is 261 g/mol. The van der Waals surface area contributed by atoms with Crippen molar-refractivity contribution in [2.75, 3.05) is 11.9 Å². The monoisotopic (exact) mass is 261 g/mol. The Bertz CT molecular complexity index is 682. The largest absolute Gasteiger partial charge is 0.417 e. The second kappa shape index (κ2) is 4.24. The number of anilines is 1. The Labute approximate surface area is 109 Å². The molecule has 100 valence electrons. The third-order valence-corrected chi connectivity index (χ3v) is 3.65. The van der Waals surface area contributed by atoms with Gasteiger partial charge in [-0.15, -0.1) is 0 Å². The molecule has 3 N–H and O–H groups in total. The predicted molar refractivity (Wildman–Crippen MR) is 70.9 cm³/mol. The number of H-pyrrole nitrogens is 1.